The van der Waals surface area contributed by atoms with E-state index in [9.17, 15) is 0 Å². The molecule has 0 saturated heterocycles. The first-order chi connectivity index (χ1) is 28.2. The van der Waals surface area contributed by atoms with Crippen molar-refractivity contribution in [3.63, 3.8) is 0 Å². The Kier molecular flexibility index (Phi) is 7.26. The number of aromatic nitrogens is 1. The highest BCUT2D eigenvalue weighted by atomic mass is 15.1. The van der Waals surface area contributed by atoms with E-state index in [4.69, 9.17) is 0 Å². The SMILES string of the molecule is c1ccc(-c2ccc(N(c3ccc(-c4cccc5c4-c4ccccc4C54CC5CCC4C5)cc3)c3ccc4c5ccccc5n(-c5ccccc5)c4c3)cc2)cc1. The molecule has 0 aliphatic heterocycles. The summed E-state index contributed by atoms with van der Waals surface area (Å²) in [4.78, 5) is 2.42. The third kappa shape index (κ3) is 4.90. The van der Waals surface area contributed by atoms with Gasteiger partial charge in [0.1, 0.15) is 0 Å². The molecule has 8 aromatic carbocycles. The van der Waals surface area contributed by atoms with Crippen LogP contribution in [0.4, 0.5) is 17.1 Å². The molecule has 2 bridgehead atoms. The summed E-state index contributed by atoms with van der Waals surface area (Å²) in [6.45, 7) is 0. The van der Waals surface area contributed by atoms with E-state index in [2.05, 4.69) is 204 Å². The summed E-state index contributed by atoms with van der Waals surface area (Å²) >= 11 is 0. The summed E-state index contributed by atoms with van der Waals surface area (Å²) in [5.41, 5.74) is 18.2. The summed E-state index contributed by atoms with van der Waals surface area (Å²) in [5.74, 6) is 1.61. The number of hydrogen-bond donors (Lipinski definition) is 0. The standard InChI is InChI=1S/C55H42N2/c1-3-12-38(13-4-1)39-23-28-43(29-24-39)56(45-32-33-48-47-16-8-10-21-52(47)57(53(48)35-45)42-14-5-2-6-15-42)44-30-25-40(26-31-44)46-18-11-20-51-54(46)49-17-7-9-19-50(49)55(51)36-37-22-27-41(55)34-37/h1-21,23-26,28-33,35,37,41H,22,27,34,36H2. The topological polar surface area (TPSA) is 8.17 Å². The summed E-state index contributed by atoms with van der Waals surface area (Å²) in [6, 6.07) is 72.0. The van der Waals surface area contributed by atoms with Crippen LogP contribution in [0.2, 0.25) is 0 Å². The minimum atomic E-state index is 0.175. The van der Waals surface area contributed by atoms with Gasteiger partial charge in [0.05, 0.1) is 11.0 Å². The van der Waals surface area contributed by atoms with Crippen LogP contribution in [0.15, 0.2) is 194 Å². The Morgan fingerprint density at radius 3 is 1.82 bits per heavy atom. The molecule has 0 N–H and O–H groups in total. The highest BCUT2D eigenvalue weighted by Gasteiger charge is 2.56. The van der Waals surface area contributed by atoms with Crippen molar-refractivity contribution in [1.82, 2.24) is 4.57 Å². The zero-order valence-corrected chi connectivity index (χ0v) is 31.9. The van der Waals surface area contributed by atoms with Crippen LogP contribution in [-0.4, -0.2) is 4.57 Å². The molecule has 12 rings (SSSR count). The first-order valence-corrected chi connectivity index (χ1v) is 20.6. The molecule has 9 aromatic rings. The molecule has 3 aliphatic carbocycles. The molecule has 2 nitrogen and oxygen atoms in total. The lowest BCUT2D eigenvalue weighted by molar-refractivity contribution is 0.327. The van der Waals surface area contributed by atoms with E-state index >= 15 is 0 Å². The fraction of sp³-hybridized carbons (Fsp3) is 0.127. The second-order valence-electron chi connectivity index (χ2n) is 16.5. The number of nitrogens with zero attached hydrogens (tertiary/aromatic N) is 2. The van der Waals surface area contributed by atoms with Crippen molar-refractivity contribution in [1.29, 1.82) is 0 Å². The zero-order chi connectivity index (χ0) is 37.5. The molecule has 1 heterocycles. The maximum absolute atomic E-state index is 2.46. The first-order valence-electron chi connectivity index (χ1n) is 20.6. The average molecular weight is 731 g/mol. The lowest BCUT2D eigenvalue weighted by Crippen LogP contribution is -2.31. The second kappa shape index (κ2) is 12.7. The van der Waals surface area contributed by atoms with Crippen molar-refractivity contribution in [2.24, 2.45) is 11.8 Å². The number of fused-ring (bicyclic) bond motifs is 11. The molecule has 1 spiro atoms. The van der Waals surface area contributed by atoms with E-state index in [0.29, 0.717) is 0 Å². The fourth-order valence-electron chi connectivity index (χ4n) is 11.3. The average Bonchev–Trinajstić information content (AvgIpc) is 4.05. The smallest absolute Gasteiger partial charge is 0.0561 e. The lowest BCUT2D eigenvalue weighted by atomic mass is 9.66. The molecule has 3 atom stereocenters. The van der Waals surface area contributed by atoms with E-state index < -0.39 is 0 Å². The molecule has 2 fully saturated rings. The molecule has 2 heteroatoms. The molecule has 3 aliphatic rings. The van der Waals surface area contributed by atoms with E-state index in [1.165, 1.54) is 80.9 Å². The van der Waals surface area contributed by atoms with Gasteiger partial charge in [0, 0.05) is 38.9 Å². The van der Waals surface area contributed by atoms with Crippen molar-refractivity contribution in [3.8, 4) is 39.1 Å². The minimum Gasteiger partial charge on any atom is -0.310 e. The zero-order valence-electron chi connectivity index (χ0n) is 31.9. The maximum Gasteiger partial charge on any atom is 0.0561 e. The van der Waals surface area contributed by atoms with E-state index in [-0.39, 0.29) is 5.41 Å². The molecule has 272 valence electrons. The third-order valence-corrected chi connectivity index (χ3v) is 13.7. The first kappa shape index (κ1) is 32.6. The van der Waals surface area contributed by atoms with E-state index in [0.717, 1.165) is 34.6 Å². The Balaban J connectivity index is 1.01. The molecule has 0 amide bonds. The number of benzene rings is 8. The number of rotatable bonds is 6. The van der Waals surface area contributed by atoms with Crippen LogP contribution < -0.4 is 4.90 Å². The Bertz CT molecular complexity index is 2960. The molecular weight excluding hydrogens is 689 g/mol. The van der Waals surface area contributed by atoms with E-state index in [1.807, 2.05) is 0 Å². The van der Waals surface area contributed by atoms with E-state index in [1.54, 1.807) is 11.1 Å². The Morgan fingerprint density at radius 2 is 1.07 bits per heavy atom. The van der Waals surface area contributed by atoms with Gasteiger partial charge in [-0.2, -0.15) is 0 Å². The van der Waals surface area contributed by atoms with Crippen molar-refractivity contribution in [2.75, 3.05) is 4.90 Å². The summed E-state index contributed by atoms with van der Waals surface area (Å²) in [5, 5.41) is 2.51. The van der Waals surface area contributed by atoms with Crippen LogP contribution in [0.25, 0.3) is 60.9 Å². The molecule has 0 radical (unpaired) electrons. The van der Waals surface area contributed by atoms with Gasteiger partial charge >= 0.3 is 0 Å². The highest BCUT2D eigenvalue weighted by molar-refractivity contribution is 6.10. The third-order valence-electron chi connectivity index (χ3n) is 13.7. The molecule has 57 heavy (non-hydrogen) atoms. The van der Waals surface area contributed by atoms with Gasteiger partial charge < -0.3 is 9.47 Å². The van der Waals surface area contributed by atoms with Crippen molar-refractivity contribution >= 4 is 38.9 Å². The van der Waals surface area contributed by atoms with Gasteiger partial charge in [0.25, 0.3) is 0 Å². The van der Waals surface area contributed by atoms with Crippen molar-refractivity contribution in [2.45, 2.75) is 31.1 Å². The van der Waals surface area contributed by atoms with Crippen molar-refractivity contribution in [3.05, 3.63) is 205 Å². The van der Waals surface area contributed by atoms with Gasteiger partial charge in [-0.1, -0.05) is 146 Å². The van der Waals surface area contributed by atoms with Gasteiger partial charge in [-0.15, -0.1) is 0 Å². The number of hydrogen-bond acceptors (Lipinski definition) is 1. The van der Waals surface area contributed by atoms with Gasteiger partial charge in [-0.25, -0.2) is 0 Å². The normalized spacial score (nSPS) is 19.0. The van der Waals surface area contributed by atoms with Crippen LogP contribution in [0.3, 0.4) is 0 Å². The van der Waals surface area contributed by atoms with Gasteiger partial charge in [0.2, 0.25) is 0 Å². The predicted octanol–water partition coefficient (Wildman–Crippen LogP) is 14.7. The second-order valence-corrected chi connectivity index (χ2v) is 16.5. The predicted molar refractivity (Wildman–Crippen MR) is 238 cm³/mol. The summed E-state index contributed by atoms with van der Waals surface area (Å²) < 4.78 is 2.41. The molecule has 3 unspecified atom stereocenters. The van der Waals surface area contributed by atoms with Crippen LogP contribution in [0.1, 0.15) is 36.8 Å². The quantitative estimate of drug-likeness (QED) is 0.165. The van der Waals surface area contributed by atoms with Gasteiger partial charge in [-0.3, -0.25) is 0 Å². The maximum atomic E-state index is 2.46. The molecule has 1 aromatic heterocycles. The van der Waals surface area contributed by atoms with Gasteiger partial charge in [-0.05, 0) is 130 Å². The Hall–Kier alpha value is -6.64. The number of para-hydroxylation sites is 2. The van der Waals surface area contributed by atoms with Gasteiger partial charge in [0.15, 0.2) is 0 Å². The minimum absolute atomic E-state index is 0.175. The Labute approximate surface area is 334 Å². The number of anilines is 3. The monoisotopic (exact) mass is 730 g/mol. The molecular formula is C55H42N2. The lowest BCUT2D eigenvalue weighted by Gasteiger charge is -2.36. The van der Waals surface area contributed by atoms with Crippen LogP contribution >= 0.6 is 0 Å². The Morgan fingerprint density at radius 1 is 0.456 bits per heavy atom. The fourth-order valence-corrected chi connectivity index (χ4v) is 11.3. The van der Waals surface area contributed by atoms with Crippen LogP contribution in [-0.2, 0) is 5.41 Å². The van der Waals surface area contributed by atoms with Crippen LogP contribution in [0, 0.1) is 11.8 Å². The summed E-state index contributed by atoms with van der Waals surface area (Å²) in [6.07, 6.45) is 5.44. The highest BCUT2D eigenvalue weighted by Crippen LogP contribution is 2.66. The largest absolute Gasteiger partial charge is 0.310 e. The van der Waals surface area contributed by atoms with Crippen LogP contribution in [0.5, 0.6) is 0 Å². The molecule has 2 saturated carbocycles. The van der Waals surface area contributed by atoms with Crippen molar-refractivity contribution < 1.29 is 0 Å². The summed E-state index contributed by atoms with van der Waals surface area (Å²) in [7, 11) is 0.